The van der Waals surface area contributed by atoms with Crippen LogP contribution in [0.25, 0.3) is 0 Å². The maximum absolute atomic E-state index is 5.65. The van der Waals surface area contributed by atoms with Crippen molar-refractivity contribution in [2.75, 3.05) is 32.8 Å². The molecule has 2 aliphatic heterocycles. The van der Waals surface area contributed by atoms with Gasteiger partial charge in [-0.15, -0.1) is 0 Å². The van der Waals surface area contributed by atoms with Gasteiger partial charge in [0.05, 0.1) is 6.61 Å². The van der Waals surface area contributed by atoms with Crippen molar-refractivity contribution in [3.8, 4) is 0 Å². The number of nitrogens with one attached hydrogen (secondary N) is 1. The van der Waals surface area contributed by atoms with E-state index in [0.717, 1.165) is 13.2 Å². The number of nitrogens with zero attached hydrogens (tertiary/aromatic N) is 1. The molecule has 3 aliphatic rings. The van der Waals surface area contributed by atoms with Gasteiger partial charge in [0.1, 0.15) is 0 Å². The van der Waals surface area contributed by atoms with E-state index in [9.17, 15) is 0 Å². The Bertz CT molecular complexity index is 239. The summed E-state index contributed by atoms with van der Waals surface area (Å²) in [6, 6.07) is 0.699. The molecule has 3 heteroatoms. The molecule has 1 saturated carbocycles. The first kappa shape index (κ1) is 11.9. The van der Waals surface area contributed by atoms with Crippen molar-refractivity contribution in [3.63, 3.8) is 0 Å². The number of hydrogen-bond acceptors (Lipinski definition) is 3. The summed E-state index contributed by atoms with van der Waals surface area (Å²) >= 11 is 0. The molecule has 1 N–H and O–H groups in total. The van der Waals surface area contributed by atoms with Crippen LogP contribution in [0.5, 0.6) is 0 Å². The van der Waals surface area contributed by atoms with Gasteiger partial charge in [-0.2, -0.15) is 0 Å². The van der Waals surface area contributed by atoms with Gasteiger partial charge in [-0.05, 0) is 25.7 Å². The molecule has 0 radical (unpaired) electrons. The molecule has 0 aromatic heterocycles. The van der Waals surface area contributed by atoms with Gasteiger partial charge in [0.25, 0.3) is 0 Å². The van der Waals surface area contributed by atoms with Gasteiger partial charge in [-0.1, -0.05) is 19.3 Å². The zero-order chi connectivity index (χ0) is 11.6. The molecule has 3 nitrogen and oxygen atoms in total. The van der Waals surface area contributed by atoms with Crippen LogP contribution >= 0.6 is 0 Å². The van der Waals surface area contributed by atoms with E-state index in [1.807, 2.05) is 0 Å². The van der Waals surface area contributed by atoms with Crippen LogP contribution in [0.15, 0.2) is 0 Å². The molecule has 0 aromatic carbocycles. The average Bonchev–Trinajstić information content (AvgIpc) is 2.41. The highest BCUT2D eigenvalue weighted by molar-refractivity contribution is 4.98. The van der Waals surface area contributed by atoms with Gasteiger partial charge in [0.15, 0.2) is 0 Å². The number of rotatable bonds is 1. The molecule has 0 bridgehead atoms. The maximum Gasteiger partial charge on any atom is 0.0621 e. The fraction of sp³-hybridized carbons (Fsp3) is 1.00. The minimum Gasteiger partial charge on any atom is -0.380 e. The quantitative estimate of drug-likeness (QED) is 0.753. The fourth-order valence-corrected chi connectivity index (χ4v) is 3.88. The molecule has 1 aliphatic carbocycles. The molecule has 0 aromatic rings. The lowest BCUT2D eigenvalue weighted by Gasteiger charge is -2.49. The van der Waals surface area contributed by atoms with Gasteiger partial charge in [-0.3, -0.25) is 4.90 Å². The van der Waals surface area contributed by atoms with Gasteiger partial charge in [-0.25, -0.2) is 0 Å². The Kier molecular flexibility index (Phi) is 3.69. The highest BCUT2D eigenvalue weighted by Crippen LogP contribution is 2.31. The van der Waals surface area contributed by atoms with E-state index in [1.54, 1.807) is 0 Å². The molecule has 1 atom stereocenters. The highest BCUT2D eigenvalue weighted by atomic mass is 16.5. The summed E-state index contributed by atoms with van der Waals surface area (Å²) < 4.78 is 5.65. The summed E-state index contributed by atoms with van der Waals surface area (Å²) in [5, 5.41) is 3.82. The van der Waals surface area contributed by atoms with E-state index in [1.165, 1.54) is 64.6 Å². The normalized spacial score (nSPS) is 34.9. The van der Waals surface area contributed by atoms with E-state index in [4.69, 9.17) is 4.74 Å². The lowest BCUT2D eigenvalue weighted by molar-refractivity contribution is -0.0115. The van der Waals surface area contributed by atoms with E-state index in [2.05, 4.69) is 10.2 Å². The van der Waals surface area contributed by atoms with Crippen molar-refractivity contribution in [2.45, 2.75) is 56.5 Å². The second-order valence-corrected chi connectivity index (χ2v) is 6.11. The highest BCUT2D eigenvalue weighted by Gasteiger charge is 2.38. The van der Waals surface area contributed by atoms with E-state index >= 15 is 0 Å². The van der Waals surface area contributed by atoms with Crippen molar-refractivity contribution in [3.05, 3.63) is 0 Å². The van der Waals surface area contributed by atoms with E-state index < -0.39 is 0 Å². The third-order valence-electron chi connectivity index (χ3n) is 4.87. The Hall–Kier alpha value is -0.120. The van der Waals surface area contributed by atoms with E-state index in [0.29, 0.717) is 11.6 Å². The fourth-order valence-electron chi connectivity index (χ4n) is 3.88. The van der Waals surface area contributed by atoms with Crippen LogP contribution in [0.1, 0.15) is 44.9 Å². The van der Waals surface area contributed by atoms with E-state index in [-0.39, 0.29) is 0 Å². The molecule has 0 amide bonds. The van der Waals surface area contributed by atoms with Crippen molar-refractivity contribution in [1.29, 1.82) is 0 Å². The van der Waals surface area contributed by atoms with Crippen molar-refractivity contribution in [2.24, 2.45) is 0 Å². The molecule has 98 valence electrons. The predicted octanol–water partition coefficient (Wildman–Crippen LogP) is 1.77. The summed E-state index contributed by atoms with van der Waals surface area (Å²) in [6.07, 6.45) is 9.64. The molecular formula is C14H26N2O. The molecule has 1 unspecified atom stereocenters. The van der Waals surface area contributed by atoms with Gasteiger partial charge in [0, 0.05) is 37.8 Å². The summed E-state index contributed by atoms with van der Waals surface area (Å²) in [5.41, 5.74) is 0.452. The van der Waals surface area contributed by atoms with Crippen LogP contribution in [0.2, 0.25) is 0 Å². The van der Waals surface area contributed by atoms with Crippen LogP contribution in [-0.2, 0) is 4.74 Å². The Morgan fingerprint density at radius 3 is 2.76 bits per heavy atom. The van der Waals surface area contributed by atoms with Crippen molar-refractivity contribution < 1.29 is 4.74 Å². The molecule has 2 saturated heterocycles. The zero-order valence-electron chi connectivity index (χ0n) is 10.9. The van der Waals surface area contributed by atoms with Crippen LogP contribution < -0.4 is 5.32 Å². The number of hydrogen-bond donors (Lipinski definition) is 1. The molecule has 3 fully saturated rings. The molecule has 17 heavy (non-hydrogen) atoms. The Morgan fingerprint density at radius 1 is 1.12 bits per heavy atom. The first-order valence-electron chi connectivity index (χ1n) is 7.45. The van der Waals surface area contributed by atoms with Crippen LogP contribution in [0.3, 0.4) is 0 Å². The molecular weight excluding hydrogens is 212 g/mol. The zero-order valence-corrected chi connectivity index (χ0v) is 10.9. The number of ether oxygens (including phenoxy) is 1. The first-order valence-corrected chi connectivity index (χ1v) is 7.45. The smallest absolute Gasteiger partial charge is 0.0621 e. The van der Waals surface area contributed by atoms with Crippen molar-refractivity contribution >= 4 is 0 Å². The van der Waals surface area contributed by atoms with Crippen LogP contribution in [0, 0.1) is 0 Å². The third kappa shape index (κ3) is 2.67. The minimum absolute atomic E-state index is 0.452. The van der Waals surface area contributed by atoms with Gasteiger partial charge >= 0.3 is 0 Å². The predicted molar refractivity (Wildman–Crippen MR) is 69.2 cm³/mol. The third-order valence-corrected chi connectivity index (χ3v) is 4.87. The second kappa shape index (κ2) is 5.25. The summed E-state index contributed by atoms with van der Waals surface area (Å²) in [4.78, 5) is 2.71. The molecule has 3 rings (SSSR count). The van der Waals surface area contributed by atoms with Crippen LogP contribution in [0.4, 0.5) is 0 Å². The standard InChI is InChI=1S/C14H26N2O/c1-2-6-14(7-3-1)12-16(9-8-15-14)13-5-4-10-17-11-13/h13,15H,1-12H2. The largest absolute Gasteiger partial charge is 0.380 e. The summed E-state index contributed by atoms with van der Waals surface area (Å²) in [5.74, 6) is 0. The maximum atomic E-state index is 5.65. The second-order valence-electron chi connectivity index (χ2n) is 6.11. The Balaban J connectivity index is 1.61. The first-order chi connectivity index (χ1) is 8.38. The Labute approximate surface area is 105 Å². The monoisotopic (exact) mass is 238 g/mol. The van der Waals surface area contributed by atoms with Crippen LogP contribution in [-0.4, -0.2) is 49.3 Å². The lowest BCUT2D eigenvalue weighted by atomic mass is 9.79. The average molecular weight is 238 g/mol. The minimum atomic E-state index is 0.452. The topological polar surface area (TPSA) is 24.5 Å². The lowest BCUT2D eigenvalue weighted by Crippen LogP contribution is -2.63. The summed E-state index contributed by atoms with van der Waals surface area (Å²) in [6.45, 7) is 5.61. The molecule has 2 heterocycles. The van der Waals surface area contributed by atoms with Crippen molar-refractivity contribution in [1.82, 2.24) is 10.2 Å². The summed E-state index contributed by atoms with van der Waals surface area (Å²) in [7, 11) is 0. The van der Waals surface area contributed by atoms with Gasteiger partial charge < -0.3 is 10.1 Å². The Morgan fingerprint density at radius 2 is 2.00 bits per heavy atom. The van der Waals surface area contributed by atoms with Gasteiger partial charge in [0.2, 0.25) is 0 Å². The number of piperazine rings is 1. The molecule has 1 spiro atoms. The SMILES string of the molecule is C1CCC2(CC1)CN(C1CCCOC1)CCN2.